The minimum atomic E-state index is -0.259. The van der Waals surface area contributed by atoms with E-state index in [0.717, 1.165) is 63.7 Å². The van der Waals surface area contributed by atoms with Crippen molar-refractivity contribution in [2.45, 2.75) is 45.1 Å². The lowest BCUT2D eigenvalue weighted by molar-refractivity contribution is -0.138. The van der Waals surface area contributed by atoms with Gasteiger partial charge in [-0.15, -0.1) is 0 Å². The molecule has 26 heavy (non-hydrogen) atoms. The fraction of sp³-hybridized carbons (Fsp3) is 0.571. The van der Waals surface area contributed by atoms with Crippen LogP contribution in [0.5, 0.6) is 0 Å². The van der Waals surface area contributed by atoms with Gasteiger partial charge in [0.2, 0.25) is 11.8 Å². The van der Waals surface area contributed by atoms with Crippen LogP contribution in [0.1, 0.15) is 44.1 Å². The Labute approximate surface area is 155 Å². The van der Waals surface area contributed by atoms with E-state index >= 15 is 0 Å². The van der Waals surface area contributed by atoms with Crippen LogP contribution < -0.4 is 0 Å². The van der Waals surface area contributed by atoms with E-state index in [4.69, 9.17) is 0 Å². The zero-order chi connectivity index (χ0) is 18.0. The third kappa shape index (κ3) is 3.27. The molecule has 1 spiro atoms. The van der Waals surface area contributed by atoms with Crippen LogP contribution in [0.4, 0.5) is 0 Å². The second kappa shape index (κ2) is 7.22. The van der Waals surface area contributed by atoms with Gasteiger partial charge in [0.25, 0.3) is 0 Å². The molecule has 0 aromatic carbocycles. The third-order valence-electron chi connectivity index (χ3n) is 6.31. The van der Waals surface area contributed by atoms with Crippen LogP contribution in [0.3, 0.4) is 0 Å². The highest BCUT2D eigenvalue weighted by Crippen LogP contribution is 2.42. The number of aromatic nitrogens is 1. The van der Waals surface area contributed by atoms with Gasteiger partial charge < -0.3 is 9.80 Å². The molecule has 1 aromatic rings. The van der Waals surface area contributed by atoms with Gasteiger partial charge in [0.1, 0.15) is 0 Å². The quantitative estimate of drug-likeness (QED) is 0.785. The van der Waals surface area contributed by atoms with E-state index in [-0.39, 0.29) is 23.1 Å². The SMILES string of the molecule is O=C(C1CC=CC1)N1CCCC2(CC1)CCN(Cc1cccnc1)C2=O. The summed E-state index contributed by atoms with van der Waals surface area (Å²) in [5, 5.41) is 0. The smallest absolute Gasteiger partial charge is 0.229 e. The minimum absolute atomic E-state index is 0.130. The van der Waals surface area contributed by atoms with Crippen molar-refractivity contribution in [3.8, 4) is 0 Å². The van der Waals surface area contributed by atoms with E-state index < -0.39 is 0 Å². The highest BCUT2D eigenvalue weighted by molar-refractivity contribution is 5.85. The number of hydrogen-bond donors (Lipinski definition) is 0. The lowest BCUT2D eigenvalue weighted by atomic mass is 9.79. The zero-order valence-corrected chi connectivity index (χ0v) is 15.3. The first-order valence-corrected chi connectivity index (χ1v) is 9.80. The van der Waals surface area contributed by atoms with Crippen molar-refractivity contribution in [1.82, 2.24) is 14.8 Å². The predicted molar refractivity (Wildman–Crippen MR) is 99.0 cm³/mol. The standard InChI is InChI=1S/C21H27N3O2/c25-19(18-6-1-2-7-18)23-12-4-8-21(9-13-23)10-14-24(20(21)26)16-17-5-3-11-22-15-17/h1-3,5,11,15,18H,4,6-10,12-14,16H2. The second-order valence-electron chi connectivity index (χ2n) is 7.94. The molecule has 5 heteroatoms. The first-order valence-electron chi connectivity index (χ1n) is 9.80. The van der Waals surface area contributed by atoms with Crippen molar-refractivity contribution >= 4 is 11.8 Å². The average Bonchev–Trinajstić information content (AvgIpc) is 3.23. The van der Waals surface area contributed by atoms with E-state index in [9.17, 15) is 9.59 Å². The molecule has 0 radical (unpaired) electrons. The molecule has 0 N–H and O–H groups in total. The van der Waals surface area contributed by atoms with Gasteiger partial charge in [-0.3, -0.25) is 14.6 Å². The van der Waals surface area contributed by atoms with Crippen LogP contribution >= 0.6 is 0 Å². The van der Waals surface area contributed by atoms with Crippen molar-refractivity contribution < 1.29 is 9.59 Å². The molecule has 1 unspecified atom stereocenters. The molecule has 2 amide bonds. The molecular weight excluding hydrogens is 326 g/mol. The topological polar surface area (TPSA) is 53.5 Å². The number of amides is 2. The van der Waals surface area contributed by atoms with Crippen LogP contribution in [0.2, 0.25) is 0 Å². The number of carbonyl (C=O) groups is 2. The second-order valence-corrected chi connectivity index (χ2v) is 7.94. The normalized spacial score (nSPS) is 26.7. The van der Waals surface area contributed by atoms with E-state index in [1.807, 2.05) is 28.1 Å². The Bertz CT molecular complexity index is 694. The van der Waals surface area contributed by atoms with Gasteiger partial charge in [-0.2, -0.15) is 0 Å². The van der Waals surface area contributed by atoms with Crippen LogP contribution in [-0.2, 0) is 16.1 Å². The molecular formula is C21H27N3O2. The summed E-state index contributed by atoms with van der Waals surface area (Å²) in [6, 6.07) is 3.94. The van der Waals surface area contributed by atoms with Gasteiger partial charge >= 0.3 is 0 Å². The Kier molecular flexibility index (Phi) is 4.79. The molecule has 0 saturated carbocycles. The first-order chi connectivity index (χ1) is 12.7. The highest BCUT2D eigenvalue weighted by atomic mass is 16.2. The molecule has 0 bridgehead atoms. The fourth-order valence-electron chi connectivity index (χ4n) is 4.71. The molecule has 2 fully saturated rings. The molecule has 1 aliphatic carbocycles. The van der Waals surface area contributed by atoms with Gasteiger partial charge in [0.05, 0.1) is 5.41 Å². The van der Waals surface area contributed by atoms with E-state index in [1.54, 1.807) is 6.20 Å². The van der Waals surface area contributed by atoms with Crippen molar-refractivity contribution in [2.75, 3.05) is 19.6 Å². The van der Waals surface area contributed by atoms with Crippen molar-refractivity contribution in [1.29, 1.82) is 0 Å². The van der Waals surface area contributed by atoms with Gasteiger partial charge in [-0.05, 0) is 50.2 Å². The first kappa shape index (κ1) is 17.3. The highest BCUT2D eigenvalue weighted by Gasteiger charge is 2.47. The number of nitrogens with zero attached hydrogens (tertiary/aromatic N) is 3. The summed E-state index contributed by atoms with van der Waals surface area (Å²) >= 11 is 0. The van der Waals surface area contributed by atoms with Crippen molar-refractivity contribution in [2.24, 2.45) is 11.3 Å². The largest absolute Gasteiger partial charge is 0.342 e. The Hall–Kier alpha value is -2.17. The molecule has 5 nitrogen and oxygen atoms in total. The Balaban J connectivity index is 1.40. The number of hydrogen-bond acceptors (Lipinski definition) is 3. The molecule has 2 aliphatic heterocycles. The Morgan fingerprint density at radius 1 is 1.15 bits per heavy atom. The van der Waals surface area contributed by atoms with E-state index in [1.165, 1.54) is 0 Å². The minimum Gasteiger partial charge on any atom is -0.342 e. The summed E-state index contributed by atoms with van der Waals surface area (Å²) in [5.74, 6) is 0.688. The van der Waals surface area contributed by atoms with Gasteiger partial charge in [-0.25, -0.2) is 0 Å². The van der Waals surface area contributed by atoms with E-state index in [2.05, 4.69) is 17.1 Å². The van der Waals surface area contributed by atoms with Crippen LogP contribution in [0.25, 0.3) is 0 Å². The third-order valence-corrected chi connectivity index (χ3v) is 6.31. The molecule has 138 valence electrons. The summed E-state index contributed by atoms with van der Waals surface area (Å²) in [5.41, 5.74) is 0.822. The molecule has 4 rings (SSSR count). The zero-order valence-electron chi connectivity index (χ0n) is 15.3. The number of likely N-dealkylation sites (tertiary alicyclic amines) is 2. The summed E-state index contributed by atoms with van der Waals surface area (Å²) in [4.78, 5) is 34.0. The number of rotatable bonds is 3. The summed E-state index contributed by atoms with van der Waals surface area (Å²) in [6.45, 7) is 2.98. The van der Waals surface area contributed by atoms with Crippen LogP contribution in [-0.4, -0.2) is 46.2 Å². The van der Waals surface area contributed by atoms with Crippen LogP contribution in [0.15, 0.2) is 36.7 Å². The van der Waals surface area contributed by atoms with Crippen molar-refractivity contribution in [3.05, 3.63) is 42.2 Å². The molecule has 3 heterocycles. The Morgan fingerprint density at radius 3 is 2.73 bits per heavy atom. The Morgan fingerprint density at radius 2 is 1.96 bits per heavy atom. The van der Waals surface area contributed by atoms with Gasteiger partial charge in [0.15, 0.2) is 0 Å². The molecule has 3 aliphatic rings. The summed E-state index contributed by atoms with van der Waals surface area (Å²) in [6.07, 6.45) is 13.1. The van der Waals surface area contributed by atoms with Gasteiger partial charge in [0, 0.05) is 44.5 Å². The maximum absolute atomic E-state index is 13.2. The molecule has 1 aromatic heterocycles. The summed E-state index contributed by atoms with van der Waals surface area (Å²) < 4.78 is 0. The lowest BCUT2D eigenvalue weighted by Gasteiger charge is -2.27. The van der Waals surface area contributed by atoms with Gasteiger partial charge in [-0.1, -0.05) is 18.2 Å². The van der Waals surface area contributed by atoms with Crippen molar-refractivity contribution in [3.63, 3.8) is 0 Å². The monoisotopic (exact) mass is 353 g/mol. The summed E-state index contributed by atoms with van der Waals surface area (Å²) in [7, 11) is 0. The lowest BCUT2D eigenvalue weighted by Crippen LogP contribution is -2.38. The maximum Gasteiger partial charge on any atom is 0.229 e. The predicted octanol–water partition coefficient (Wildman–Crippen LogP) is 2.78. The maximum atomic E-state index is 13.2. The number of carbonyl (C=O) groups excluding carboxylic acids is 2. The molecule has 2 saturated heterocycles. The fourth-order valence-corrected chi connectivity index (χ4v) is 4.71. The number of pyridine rings is 1. The average molecular weight is 353 g/mol. The van der Waals surface area contributed by atoms with Crippen LogP contribution in [0, 0.1) is 11.3 Å². The van der Waals surface area contributed by atoms with E-state index in [0.29, 0.717) is 6.54 Å². The number of allylic oxidation sites excluding steroid dienone is 2. The molecule has 1 atom stereocenters.